The SMILES string of the molecule is Cc1cccc2cccc(N3CCc4c(nc(OC[C@@H]5CCCN5C)nc4N4CC5CC(F)C(C4)N5)C3)c12. The largest absolute Gasteiger partial charge is 0.462 e. The van der Waals surface area contributed by atoms with E-state index in [2.05, 4.69) is 70.4 Å². The Hall–Kier alpha value is -2.97. The van der Waals surface area contributed by atoms with Gasteiger partial charge in [0.1, 0.15) is 18.6 Å². The van der Waals surface area contributed by atoms with Crippen molar-refractivity contribution in [1.29, 1.82) is 0 Å². The number of piperazine rings is 1. The number of aromatic nitrogens is 2. The number of likely N-dealkylation sites (N-methyl/N-ethyl adjacent to an activating group) is 1. The fourth-order valence-electron chi connectivity index (χ4n) is 7.01. The molecule has 3 unspecified atom stereocenters. The summed E-state index contributed by atoms with van der Waals surface area (Å²) in [6, 6.07) is 14.0. The molecule has 2 bridgehead atoms. The highest BCUT2D eigenvalue weighted by Gasteiger charge is 2.41. The number of benzene rings is 2. The summed E-state index contributed by atoms with van der Waals surface area (Å²) in [4.78, 5) is 17.1. The molecule has 3 fully saturated rings. The van der Waals surface area contributed by atoms with Crippen LogP contribution in [0.15, 0.2) is 36.4 Å². The lowest BCUT2D eigenvalue weighted by molar-refractivity contribution is 0.187. The van der Waals surface area contributed by atoms with Crippen LogP contribution in [-0.4, -0.2) is 79.0 Å². The molecule has 2 aromatic carbocycles. The molecule has 3 saturated heterocycles. The lowest BCUT2D eigenvalue weighted by atomic mass is 9.99. The summed E-state index contributed by atoms with van der Waals surface area (Å²) in [5.74, 6) is 0.948. The van der Waals surface area contributed by atoms with Gasteiger partial charge in [-0.25, -0.2) is 4.39 Å². The Morgan fingerprint density at radius 3 is 2.76 bits per heavy atom. The van der Waals surface area contributed by atoms with Crippen molar-refractivity contribution in [3.8, 4) is 6.01 Å². The molecule has 200 valence electrons. The first kappa shape index (κ1) is 24.1. The van der Waals surface area contributed by atoms with Crippen molar-refractivity contribution in [2.45, 2.75) is 63.4 Å². The van der Waals surface area contributed by atoms with Crippen LogP contribution in [-0.2, 0) is 13.0 Å². The minimum Gasteiger partial charge on any atom is -0.462 e. The number of hydrogen-bond acceptors (Lipinski definition) is 7. The van der Waals surface area contributed by atoms with E-state index in [1.807, 2.05) is 0 Å². The fourth-order valence-corrected chi connectivity index (χ4v) is 7.01. The van der Waals surface area contributed by atoms with Crippen molar-refractivity contribution in [1.82, 2.24) is 20.2 Å². The molecule has 5 heterocycles. The number of aryl methyl sites for hydroxylation is 1. The monoisotopic (exact) mass is 516 g/mol. The molecule has 0 saturated carbocycles. The van der Waals surface area contributed by atoms with Gasteiger partial charge in [-0.1, -0.05) is 30.3 Å². The van der Waals surface area contributed by atoms with Crippen molar-refractivity contribution >= 4 is 22.3 Å². The average Bonchev–Trinajstić information content (AvgIpc) is 3.46. The Morgan fingerprint density at radius 2 is 1.95 bits per heavy atom. The number of nitrogens with one attached hydrogen (secondary N) is 1. The average molecular weight is 517 g/mol. The maximum atomic E-state index is 14.6. The molecular formula is C30H37FN6O. The number of alkyl halides is 1. The summed E-state index contributed by atoms with van der Waals surface area (Å²) in [5, 5.41) is 6.02. The number of fused-ring (bicyclic) bond motifs is 4. The molecular weight excluding hydrogens is 479 g/mol. The topological polar surface area (TPSA) is 56.8 Å². The molecule has 0 spiro atoms. The summed E-state index contributed by atoms with van der Waals surface area (Å²) >= 11 is 0. The molecule has 4 atom stereocenters. The first-order valence-corrected chi connectivity index (χ1v) is 14.1. The van der Waals surface area contributed by atoms with Gasteiger partial charge in [-0.05, 0) is 63.2 Å². The molecule has 0 radical (unpaired) electrons. The van der Waals surface area contributed by atoms with E-state index in [1.54, 1.807) is 0 Å². The lowest BCUT2D eigenvalue weighted by Gasteiger charge is -2.37. The van der Waals surface area contributed by atoms with Crippen LogP contribution in [0, 0.1) is 6.92 Å². The second-order valence-corrected chi connectivity index (χ2v) is 11.6. The second kappa shape index (κ2) is 9.65. The summed E-state index contributed by atoms with van der Waals surface area (Å²) in [6.45, 7) is 6.91. The van der Waals surface area contributed by atoms with Crippen molar-refractivity contribution in [3.63, 3.8) is 0 Å². The number of anilines is 2. The highest BCUT2D eigenvalue weighted by Crippen LogP contribution is 2.36. The van der Waals surface area contributed by atoms with Crippen LogP contribution in [0.25, 0.3) is 10.8 Å². The predicted octanol–water partition coefficient (Wildman–Crippen LogP) is 3.86. The Labute approximate surface area is 224 Å². The van der Waals surface area contributed by atoms with E-state index in [9.17, 15) is 4.39 Å². The summed E-state index contributed by atoms with van der Waals surface area (Å²) < 4.78 is 20.8. The van der Waals surface area contributed by atoms with Crippen LogP contribution in [0.4, 0.5) is 15.9 Å². The molecule has 7 nitrogen and oxygen atoms in total. The molecule has 3 aromatic rings. The zero-order valence-corrected chi connectivity index (χ0v) is 22.4. The standard InChI is InChI=1S/C30H37FN6O/c1-19-6-3-7-20-8-4-10-27(28(19)20)36-13-11-23-25(16-36)33-30(38-18-22-9-5-12-35(22)2)34-29(23)37-15-21-14-24(31)26(17-37)32-21/h3-4,6-8,10,21-22,24,26,32H,5,9,11-18H2,1-2H3/t21?,22-,24?,26?/m0/s1. The maximum Gasteiger partial charge on any atom is 0.318 e. The number of likely N-dealkylation sites (tertiary alicyclic amines) is 1. The van der Waals surface area contributed by atoms with E-state index in [0.717, 1.165) is 44.0 Å². The molecule has 38 heavy (non-hydrogen) atoms. The second-order valence-electron chi connectivity index (χ2n) is 11.6. The van der Waals surface area contributed by atoms with E-state index < -0.39 is 6.17 Å². The Morgan fingerprint density at radius 1 is 1.08 bits per heavy atom. The normalized spacial score (nSPS) is 27.2. The van der Waals surface area contributed by atoms with Gasteiger partial charge in [-0.2, -0.15) is 9.97 Å². The third-order valence-corrected chi connectivity index (χ3v) is 9.08. The number of nitrogens with zero attached hydrogens (tertiary/aromatic N) is 5. The summed E-state index contributed by atoms with van der Waals surface area (Å²) in [7, 11) is 2.16. The Kier molecular flexibility index (Phi) is 6.12. The molecule has 4 aliphatic rings. The molecule has 8 heteroatoms. The molecule has 7 rings (SSSR count). The van der Waals surface area contributed by atoms with Crippen molar-refractivity contribution in [2.24, 2.45) is 0 Å². The molecule has 0 amide bonds. The third-order valence-electron chi connectivity index (χ3n) is 9.08. The lowest BCUT2D eigenvalue weighted by Crippen LogP contribution is -2.53. The van der Waals surface area contributed by atoms with Crippen LogP contribution < -0.4 is 19.9 Å². The molecule has 1 N–H and O–H groups in total. The van der Waals surface area contributed by atoms with Crippen molar-refractivity contribution in [3.05, 3.63) is 53.2 Å². The van der Waals surface area contributed by atoms with Crippen LogP contribution in [0.3, 0.4) is 0 Å². The minimum atomic E-state index is -0.790. The smallest absolute Gasteiger partial charge is 0.318 e. The molecule has 0 aliphatic carbocycles. The number of rotatable bonds is 5. The van der Waals surface area contributed by atoms with Gasteiger partial charge in [-0.3, -0.25) is 0 Å². The van der Waals surface area contributed by atoms with Crippen LogP contribution in [0.5, 0.6) is 6.01 Å². The number of ether oxygens (including phenoxy) is 1. The van der Waals surface area contributed by atoms with Gasteiger partial charge >= 0.3 is 6.01 Å². The molecule has 1 aromatic heterocycles. The molecule has 4 aliphatic heterocycles. The van der Waals surface area contributed by atoms with Crippen LogP contribution in [0.1, 0.15) is 36.1 Å². The van der Waals surface area contributed by atoms with E-state index >= 15 is 0 Å². The van der Waals surface area contributed by atoms with Crippen molar-refractivity contribution in [2.75, 3.05) is 49.6 Å². The van der Waals surface area contributed by atoms with Gasteiger partial charge < -0.3 is 24.8 Å². The Balaban J connectivity index is 1.23. The van der Waals surface area contributed by atoms with E-state index in [4.69, 9.17) is 14.7 Å². The van der Waals surface area contributed by atoms with Gasteiger partial charge in [0.15, 0.2) is 0 Å². The van der Waals surface area contributed by atoms with Gasteiger partial charge in [0.25, 0.3) is 0 Å². The number of halogens is 1. The first-order valence-electron chi connectivity index (χ1n) is 14.1. The quantitative estimate of drug-likeness (QED) is 0.553. The highest BCUT2D eigenvalue weighted by atomic mass is 19.1. The van der Waals surface area contributed by atoms with Gasteiger partial charge in [-0.15, -0.1) is 0 Å². The third kappa shape index (κ3) is 4.28. The van der Waals surface area contributed by atoms with Gasteiger partial charge in [0.2, 0.25) is 0 Å². The minimum absolute atomic E-state index is 0.130. The summed E-state index contributed by atoms with van der Waals surface area (Å²) in [6.07, 6.45) is 2.99. The summed E-state index contributed by atoms with van der Waals surface area (Å²) in [5.41, 5.74) is 4.76. The zero-order chi connectivity index (χ0) is 25.8. The Bertz CT molecular complexity index is 1340. The first-order chi connectivity index (χ1) is 18.5. The fraction of sp³-hybridized carbons (Fsp3) is 0.533. The zero-order valence-electron chi connectivity index (χ0n) is 22.4. The van der Waals surface area contributed by atoms with Crippen LogP contribution in [0.2, 0.25) is 0 Å². The van der Waals surface area contributed by atoms with Gasteiger partial charge in [0, 0.05) is 48.4 Å². The van der Waals surface area contributed by atoms with Crippen molar-refractivity contribution < 1.29 is 9.13 Å². The predicted molar refractivity (Wildman–Crippen MR) is 149 cm³/mol. The number of hydrogen-bond donors (Lipinski definition) is 1. The maximum absolute atomic E-state index is 14.6. The van der Waals surface area contributed by atoms with E-state index in [1.165, 1.54) is 34.0 Å². The van der Waals surface area contributed by atoms with E-state index in [0.29, 0.717) is 38.2 Å². The van der Waals surface area contributed by atoms with E-state index in [-0.39, 0.29) is 12.1 Å². The van der Waals surface area contributed by atoms with Crippen LogP contribution >= 0.6 is 0 Å². The highest BCUT2D eigenvalue weighted by molar-refractivity contribution is 5.97. The van der Waals surface area contributed by atoms with Gasteiger partial charge in [0.05, 0.1) is 18.3 Å².